The van der Waals surface area contributed by atoms with Crippen molar-refractivity contribution in [2.75, 3.05) is 19.6 Å². The summed E-state index contributed by atoms with van der Waals surface area (Å²) in [5.41, 5.74) is 0.161. The van der Waals surface area contributed by atoms with Crippen LogP contribution >= 0.6 is 15.9 Å². The minimum Gasteiger partial charge on any atom is -0.338 e. The number of amides is 1. The van der Waals surface area contributed by atoms with Gasteiger partial charge in [-0.05, 0) is 66.2 Å². The topological polar surface area (TPSA) is 32.3 Å². The fourth-order valence-corrected chi connectivity index (χ4v) is 3.15. The molecule has 0 bridgehead atoms. The minimum atomic E-state index is -0.462. The van der Waals surface area contributed by atoms with E-state index in [0.29, 0.717) is 23.6 Å². The molecule has 1 amide bonds. The van der Waals surface area contributed by atoms with E-state index >= 15 is 0 Å². The number of nitrogens with one attached hydrogen (secondary N) is 1. The lowest BCUT2D eigenvalue weighted by molar-refractivity contribution is 0.0700. The number of nitrogens with zero attached hydrogens (tertiary/aromatic N) is 1. The maximum atomic E-state index is 14.0. The van der Waals surface area contributed by atoms with E-state index in [4.69, 9.17) is 0 Å². The highest BCUT2D eigenvalue weighted by atomic mass is 79.9. The zero-order valence-corrected chi connectivity index (χ0v) is 13.5. The fraction of sp³-hybridized carbons (Fsp3) is 0.562. The molecular formula is C16H20BrFN2O. The highest BCUT2D eigenvalue weighted by molar-refractivity contribution is 9.10. The van der Waals surface area contributed by atoms with Gasteiger partial charge in [0, 0.05) is 19.1 Å². The molecule has 1 aromatic rings. The van der Waals surface area contributed by atoms with Crippen molar-refractivity contribution in [3.05, 3.63) is 34.1 Å². The van der Waals surface area contributed by atoms with Crippen molar-refractivity contribution in [2.45, 2.75) is 31.7 Å². The Kier molecular flexibility index (Phi) is 4.60. The summed E-state index contributed by atoms with van der Waals surface area (Å²) in [6.45, 7) is 2.51. The van der Waals surface area contributed by atoms with Crippen molar-refractivity contribution in [1.82, 2.24) is 10.2 Å². The lowest BCUT2D eigenvalue weighted by Crippen LogP contribution is -2.45. The van der Waals surface area contributed by atoms with Gasteiger partial charge < -0.3 is 10.2 Å². The first-order valence-electron chi connectivity index (χ1n) is 7.62. The van der Waals surface area contributed by atoms with Crippen LogP contribution in [0.4, 0.5) is 4.39 Å². The number of carbonyl (C=O) groups excluding carboxylic acids is 1. The molecule has 114 valence electrons. The molecule has 3 rings (SSSR count). The van der Waals surface area contributed by atoms with Gasteiger partial charge in [-0.25, -0.2) is 4.39 Å². The third-order valence-electron chi connectivity index (χ3n) is 4.36. The van der Waals surface area contributed by atoms with Gasteiger partial charge in [-0.2, -0.15) is 0 Å². The van der Waals surface area contributed by atoms with Gasteiger partial charge in [-0.1, -0.05) is 6.07 Å². The number of piperidine rings is 1. The Hall–Kier alpha value is -0.940. The lowest BCUT2D eigenvalue weighted by Gasteiger charge is -2.32. The molecule has 21 heavy (non-hydrogen) atoms. The van der Waals surface area contributed by atoms with E-state index in [2.05, 4.69) is 21.2 Å². The van der Waals surface area contributed by atoms with Crippen LogP contribution in [0.2, 0.25) is 0 Å². The Morgan fingerprint density at radius 1 is 1.29 bits per heavy atom. The smallest absolute Gasteiger partial charge is 0.256 e. The Labute approximate surface area is 133 Å². The van der Waals surface area contributed by atoms with E-state index in [1.165, 1.54) is 12.8 Å². The number of hydrogen-bond acceptors (Lipinski definition) is 2. The van der Waals surface area contributed by atoms with E-state index in [9.17, 15) is 9.18 Å². The standard InChI is InChI=1S/C16H20BrFN2O/c17-14-3-1-2-13(15(14)18)16(21)20-8-6-12(7-9-20)19-10-11-4-5-11/h1-3,11-12,19H,4-10H2. The molecule has 0 aromatic heterocycles. The van der Waals surface area contributed by atoms with E-state index in [1.807, 2.05) is 0 Å². The third kappa shape index (κ3) is 3.64. The number of hydrogen-bond donors (Lipinski definition) is 1. The maximum absolute atomic E-state index is 14.0. The molecule has 3 nitrogen and oxygen atoms in total. The fourth-order valence-electron chi connectivity index (χ4n) is 2.78. The summed E-state index contributed by atoms with van der Waals surface area (Å²) in [4.78, 5) is 14.2. The normalized spacial score (nSPS) is 19.8. The molecule has 5 heteroatoms. The predicted octanol–water partition coefficient (Wildman–Crippen LogP) is 3.19. The zero-order chi connectivity index (χ0) is 14.8. The van der Waals surface area contributed by atoms with Crippen molar-refractivity contribution in [3.63, 3.8) is 0 Å². The molecule has 1 saturated carbocycles. The van der Waals surface area contributed by atoms with Crippen LogP contribution in [-0.4, -0.2) is 36.5 Å². The monoisotopic (exact) mass is 354 g/mol. The van der Waals surface area contributed by atoms with Crippen molar-refractivity contribution in [2.24, 2.45) is 5.92 Å². The molecule has 0 radical (unpaired) electrons. The summed E-state index contributed by atoms with van der Waals surface area (Å²) in [5, 5.41) is 3.58. The van der Waals surface area contributed by atoms with Crippen LogP contribution in [0.1, 0.15) is 36.0 Å². The molecule has 0 spiro atoms. The Bertz CT molecular complexity index is 525. The van der Waals surface area contributed by atoms with Crippen LogP contribution in [0.3, 0.4) is 0 Å². The van der Waals surface area contributed by atoms with Gasteiger partial charge in [0.15, 0.2) is 0 Å². The van der Waals surface area contributed by atoms with Crippen molar-refractivity contribution in [1.29, 1.82) is 0 Å². The molecule has 1 heterocycles. The lowest BCUT2D eigenvalue weighted by atomic mass is 10.0. The Balaban J connectivity index is 1.55. The number of halogens is 2. The first-order valence-corrected chi connectivity index (χ1v) is 8.41. The van der Waals surface area contributed by atoms with Crippen LogP contribution in [0.15, 0.2) is 22.7 Å². The largest absolute Gasteiger partial charge is 0.338 e. The van der Waals surface area contributed by atoms with Crippen LogP contribution in [0, 0.1) is 11.7 Å². The molecule has 1 N–H and O–H groups in total. The van der Waals surface area contributed by atoms with Gasteiger partial charge >= 0.3 is 0 Å². The highest BCUT2D eigenvalue weighted by Gasteiger charge is 2.27. The molecule has 0 unspecified atom stereocenters. The first-order chi connectivity index (χ1) is 10.1. The molecule has 1 aliphatic heterocycles. The van der Waals surface area contributed by atoms with E-state index in [-0.39, 0.29) is 11.5 Å². The average Bonchev–Trinajstić information content (AvgIpc) is 3.32. The third-order valence-corrected chi connectivity index (χ3v) is 4.97. The quantitative estimate of drug-likeness (QED) is 0.900. The first kappa shape index (κ1) is 15.0. The number of carbonyl (C=O) groups is 1. The second-order valence-electron chi connectivity index (χ2n) is 6.02. The maximum Gasteiger partial charge on any atom is 0.256 e. The molecule has 1 saturated heterocycles. The number of rotatable bonds is 4. The second kappa shape index (κ2) is 6.44. The van der Waals surface area contributed by atoms with E-state index < -0.39 is 5.82 Å². The van der Waals surface area contributed by atoms with Gasteiger partial charge in [0.05, 0.1) is 10.0 Å². The molecule has 1 aromatic carbocycles. The molecule has 0 atom stereocenters. The minimum absolute atomic E-state index is 0.161. The van der Waals surface area contributed by atoms with Crippen molar-refractivity contribution in [3.8, 4) is 0 Å². The van der Waals surface area contributed by atoms with E-state index in [1.54, 1.807) is 23.1 Å². The molecule has 2 aliphatic rings. The van der Waals surface area contributed by atoms with Gasteiger partial charge in [-0.15, -0.1) is 0 Å². The molecule has 2 fully saturated rings. The average molecular weight is 355 g/mol. The van der Waals surface area contributed by atoms with Crippen LogP contribution in [-0.2, 0) is 0 Å². The summed E-state index contributed by atoms with van der Waals surface area (Å²) in [6.07, 6.45) is 4.61. The predicted molar refractivity (Wildman–Crippen MR) is 83.8 cm³/mol. The summed E-state index contributed by atoms with van der Waals surface area (Å²) in [5.74, 6) is 0.214. The summed E-state index contributed by atoms with van der Waals surface area (Å²) >= 11 is 3.13. The van der Waals surface area contributed by atoms with Crippen LogP contribution < -0.4 is 5.32 Å². The van der Waals surface area contributed by atoms with Gasteiger partial charge in [0.25, 0.3) is 5.91 Å². The number of likely N-dealkylation sites (tertiary alicyclic amines) is 1. The van der Waals surface area contributed by atoms with Crippen molar-refractivity contribution >= 4 is 21.8 Å². The van der Waals surface area contributed by atoms with Gasteiger partial charge in [-0.3, -0.25) is 4.79 Å². The summed E-state index contributed by atoms with van der Waals surface area (Å²) in [7, 11) is 0. The van der Waals surface area contributed by atoms with Crippen LogP contribution in [0.25, 0.3) is 0 Å². The number of benzene rings is 1. The Morgan fingerprint density at radius 3 is 2.67 bits per heavy atom. The highest BCUT2D eigenvalue weighted by Crippen LogP contribution is 2.28. The zero-order valence-electron chi connectivity index (χ0n) is 11.9. The van der Waals surface area contributed by atoms with E-state index in [0.717, 1.165) is 25.3 Å². The molecular weight excluding hydrogens is 335 g/mol. The van der Waals surface area contributed by atoms with Crippen LogP contribution in [0.5, 0.6) is 0 Å². The van der Waals surface area contributed by atoms with Gasteiger partial charge in [0.1, 0.15) is 5.82 Å². The van der Waals surface area contributed by atoms with Crippen molar-refractivity contribution < 1.29 is 9.18 Å². The van der Waals surface area contributed by atoms with Gasteiger partial charge in [0.2, 0.25) is 0 Å². The molecule has 1 aliphatic carbocycles. The summed E-state index contributed by atoms with van der Waals surface area (Å²) in [6, 6.07) is 5.37. The SMILES string of the molecule is O=C(c1cccc(Br)c1F)N1CCC(NCC2CC2)CC1. The Morgan fingerprint density at radius 2 is 2.00 bits per heavy atom. The second-order valence-corrected chi connectivity index (χ2v) is 6.87. The summed E-state index contributed by atoms with van der Waals surface area (Å²) < 4.78 is 14.3.